The first-order chi connectivity index (χ1) is 12.0. The molecule has 8 nitrogen and oxygen atoms in total. The maximum absolute atomic E-state index is 12.1. The Morgan fingerprint density at radius 2 is 2.36 bits per heavy atom. The van der Waals surface area contributed by atoms with E-state index in [1.807, 2.05) is 24.1 Å². The van der Waals surface area contributed by atoms with Crippen LogP contribution >= 0.6 is 0 Å². The Morgan fingerprint density at radius 1 is 1.52 bits per heavy atom. The number of likely N-dealkylation sites (tertiary alicyclic amines) is 1. The zero-order valence-electron chi connectivity index (χ0n) is 14.7. The van der Waals surface area contributed by atoms with Crippen LogP contribution < -0.4 is 0 Å². The predicted octanol–water partition coefficient (Wildman–Crippen LogP) is 0.663. The molecule has 2 aromatic heterocycles. The SMILES string of the molecule is CC(=O)N(Cc1ncc(C)o1)C1CCN(CC(O)Cn2cccn2)C1. The Labute approximate surface area is 147 Å². The third-order valence-corrected chi connectivity index (χ3v) is 4.49. The highest BCUT2D eigenvalue weighted by atomic mass is 16.4. The van der Waals surface area contributed by atoms with Crippen LogP contribution in [0.1, 0.15) is 25.0 Å². The maximum Gasteiger partial charge on any atom is 0.220 e. The van der Waals surface area contributed by atoms with Gasteiger partial charge in [0.15, 0.2) is 0 Å². The fourth-order valence-corrected chi connectivity index (χ4v) is 3.33. The van der Waals surface area contributed by atoms with Crippen LogP contribution in [-0.2, 0) is 17.9 Å². The van der Waals surface area contributed by atoms with Gasteiger partial charge in [-0.1, -0.05) is 0 Å². The number of amides is 1. The minimum absolute atomic E-state index is 0.0137. The second-order valence-electron chi connectivity index (χ2n) is 6.60. The molecule has 3 rings (SSSR count). The summed E-state index contributed by atoms with van der Waals surface area (Å²) in [7, 11) is 0. The van der Waals surface area contributed by atoms with Gasteiger partial charge in [0.25, 0.3) is 0 Å². The van der Waals surface area contributed by atoms with E-state index < -0.39 is 6.10 Å². The molecular formula is C17H25N5O3. The van der Waals surface area contributed by atoms with Crippen molar-refractivity contribution in [3.63, 3.8) is 0 Å². The first-order valence-electron chi connectivity index (χ1n) is 8.57. The van der Waals surface area contributed by atoms with Crippen molar-refractivity contribution in [2.45, 2.75) is 45.5 Å². The summed E-state index contributed by atoms with van der Waals surface area (Å²) in [6.07, 6.45) is 5.60. The summed E-state index contributed by atoms with van der Waals surface area (Å²) in [6, 6.07) is 1.95. The number of β-amino-alcohol motifs (C(OH)–C–C–N with tert-alkyl or cyclic N) is 1. The molecule has 1 saturated heterocycles. The molecule has 3 heterocycles. The van der Waals surface area contributed by atoms with Crippen LogP contribution in [0.25, 0.3) is 0 Å². The molecule has 1 amide bonds. The molecule has 1 fully saturated rings. The lowest BCUT2D eigenvalue weighted by molar-refractivity contribution is -0.132. The molecule has 2 aromatic rings. The second kappa shape index (κ2) is 7.79. The molecule has 1 aliphatic heterocycles. The molecule has 0 aromatic carbocycles. The Bertz CT molecular complexity index is 684. The van der Waals surface area contributed by atoms with Crippen molar-refractivity contribution >= 4 is 5.91 Å². The highest BCUT2D eigenvalue weighted by Gasteiger charge is 2.31. The van der Waals surface area contributed by atoms with Gasteiger partial charge < -0.3 is 14.4 Å². The number of hydrogen-bond donors (Lipinski definition) is 1. The zero-order chi connectivity index (χ0) is 17.8. The smallest absolute Gasteiger partial charge is 0.220 e. The quantitative estimate of drug-likeness (QED) is 0.792. The average Bonchev–Trinajstić information content (AvgIpc) is 3.27. The van der Waals surface area contributed by atoms with Gasteiger partial charge in [0.1, 0.15) is 5.76 Å². The minimum Gasteiger partial charge on any atom is -0.444 e. The summed E-state index contributed by atoms with van der Waals surface area (Å²) in [5.41, 5.74) is 0. The van der Waals surface area contributed by atoms with Gasteiger partial charge in [-0.05, 0) is 19.4 Å². The van der Waals surface area contributed by atoms with E-state index >= 15 is 0 Å². The lowest BCUT2D eigenvalue weighted by Crippen LogP contribution is -2.41. The Hall–Kier alpha value is -2.19. The van der Waals surface area contributed by atoms with Gasteiger partial charge >= 0.3 is 0 Å². The maximum atomic E-state index is 12.1. The van der Waals surface area contributed by atoms with Crippen LogP contribution in [0, 0.1) is 6.92 Å². The largest absolute Gasteiger partial charge is 0.444 e. The van der Waals surface area contributed by atoms with Gasteiger partial charge in [-0.3, -0.25) is 14.4 Å². The zero-order valence-corrected chi connectivity index (χ0v) is 14.7. The number of aromatic nitrogens is 3. The predicted molar refractivity (Wildman–Crippen MR) is 90.5 cm³/mol. The van der Waals surface area contributed by atoms with E-state index in [9.17, 15) is 9.90 Å². The summed E-state index contributed by atoms with van der Waals surface area (Å²) < 4.78 is 7.23. The molecule has 1 N–H and O–H groups in total. The fraction of sp³-hybridized carbons (Fsp3) is 0.588. The van der Waals surface area contributed by atoms with Crippen molar-refractivity contribution in [2.75, 3.05) is 19.6 Å². The standard InChI is InChI=1S/C17H25N5O3/c1-13-8-18-17(25-13)12-22(14(2)23)15-4-7-20(9-15)10-16(24)11-21-6-3-5-19-21/h3,5-6,8,15-16,24H,4,7,9-12H2,1-2H3. The van der Waals surface area contributed by atoms with Gasteiger partial charge in [0, 0.05) is 45.0 Å². The monoisotopic (exact) mass is 347 g/mol. The molecule has 25 heavy (non-hydrogen) atoms. The van der Waals surface area contributed by atoms with E-state index in [0.717, 1.165) is 25.3 Å². The first-order valence-corrected chi connectivity index (χ1v) is 8.57. The lowest BCUT2D eigenvalue weighted by atomic mass is 10.2. The molecule has 8 heteroatoms. The molecule has 0 radical (unpaired) electrons. The van der Waals surface area contributed by atoms with Crippen LogP contribution in [-0.4, -0.2) is 67.4 Å². The first kappa shape index (κ1) is 17.6. The van der Waals surface area contributed by atoms with Crippen molar-refractivity contribution in [3.8, 4) is 0 Å². The fourth-order valence-electron chi connectivity index (χ4n) is 3.33. The van der Waals surface area contributed by atoms with Crippen molar-refractivity contribution in [1.82, 2.24) is 24.6 Å². The van der Waals surface area contributed by atoms with Crippen molar-refractivity contribution in [1.29, 1.82) is 0 Å². The summed E-state index contributed by atoms with van der Waals surface area (Å²) in [6.45, 7) is 6.44. The number of hydrogen-bond acceptors (Lipinski definition) is 6. The van der Waals surface area contributed by atoms with Crippen molar-refractivity contribution < 1.29 is 14.3 Å². The van der Waals surface area contributed by atoms with Gasteiger partial charge in [-0.2, -0.15) is 5.10 Å². The van der Waals surface area contributed by atoms with Crippen LogP contribution in [0.15, 0.2) is 29.1 Å². The second-order valence-corrected chi connectivity index (χ2v) is 6.60. The molecule has 0 saturated carbocycles. The van der Waals surface area contributed by atoms with Crippen LogP contribution in [0.2, 0.25) is 0 Å². The summed E-state index contributed by atoms with van der Waals surface area (Å²) in [5.74, 6) is 1.32. The Kier molecular flexibility index (Phi) is 5.50. The number of carbonyl (C=O) groups is 1. The average molecular weight is 347 g/mol. The van der Waals surface area contributed by atoms with Crippen molar-refractivity contribution in [2.24, 2.45) is 0 Å². The van der Waals surface area contributed by atoms with Gasteiger partial charge in [-0.25, -0.2) is 4.98 Å². The van der Waals surface area contributed by atoms with Gasteiger partial charge in [0.05, 0.1) is 25.4 Å². The molecule has 136 valence electrons. The molecule has 0 spiro atoms. The van der Waals surface area contributed by atoms with E-state index in [4.69, 9.17) is 4.42 Å². The summed E-state index contributed by atoms with van der Waals surface area (Å²) in [5, 5.41) is 14.4. The third-order valence-electron chi connectivity index (χ3n) is 4.49. The molecular weight excluding hydrogens is 322 g/mol. The normalized spacial score (nSPS) is 19.2. The summed E-state index contributed by atoms with van der Waals surface area (Å²) in [4.78, 5) is 20.3. The number of rotatable bonds is 7. The van der Waals surface area contributed by atoms with Crippen LogP contribution in [0.3, 0.4) is 0 Å². The third kappa shape index (κ3) is 4.67. The van der Waals surface area contributed by atoms with E-state index in [1.54, 1.807) is 24.0 Å². The van der Waals surface area contributed by atoms with E-state index in [-0.39, 0.29) is 11.9 Å². The molecule has 1 aliphatic rings. The Balaban J connectivity index is 1.53. The number of aryl methyl sites for hydroxylation is 1. The van der Waals surface area contributed by atoms with E-state index in [1.165, 1.54) is 0 Å². The van der Waals surface area contributed by atoms with E-state index in [0.29, 0.717) is 25.5 Å². The number of aliphatic hydroxyl groups excluding tert-OH is 1. The number of aliphatic hydroxyl groups is 1. The Morgan fingerprint density at radius 3 is 3.00 bits per heavy atom. The highest BCUT2D eigenvalue weighted by molar-refractivity contribution is 5.73. The van der Waals surface area contributed by atoms with Crippen LogP contribution in [0.5, 0.6) is 0 Å². The summed E-state index contributed by atoms with van der Waals surface area (Å²) >= 11 is 0. The number of carbonyl (C=O) groups excluding carboxylic acids is 1. The van der Waals surface area contributed by atoms with E-state index in [2.05, 4.69) is 15.0 Å². The van der Waals surface area contributed by atoms with Gasteiger partial charge in [-0.15, -0.1) is 0 Å². The number of oxazole rings is 1. The highest BCUT2D eigenvalue weighted by Crippen LogP contribution is 2.19. The topological polar surface area (TPSA) is 87.6 Å². The molecule has 0 bridgehead atoms. The lowest BCUT2D eigenvalue weighted by Gasteiger charge is -2.27. The molecule has 2 atom stereocenters. The van der Waals surface area contributed by atoms with Crippen LogP contribution in [0.4, 0.5) is 0 Å². The minimum atomic E-state index is -0.487. The van der Waals surface area contributed by atoms with Crippen molar-refractivity contribution in [3.05, 3.63) is 36.3 Å². The number of nitrogens with zero attached hydrogens (tertiary/aromatic N) is 5. The van der Waals surface area contributed by atoms with Gasteiger partial charge in [0.2, 0.25) is 11.8 Å². The molecule has 0 aliphatic carbocycles. The molecule has 2 unspecified atom stereocenters.